The van der Waals surface area contributed by atoms with Gasteiger partial charge in [0.15, 0.2) is 0 Å². The Morgan fingerprint density at radius 3 is 2.47 bits per heavy atom. The van der Waals surface area contributed by atoms with Gasteiger partial charge in [0.1, 0.15) is 18.2 Å². The van der Waals surface area contributed by atoms with Crippen LogP contribution in [0.3, 0.4) is 0 Å². The molecular weight excluding hydrogens is 242 g/mol. The van der Waals surface area contributed by atoms with Gasteiger partial charge in [-0.2, -0.15) is 5.26 Å². The molecule has 4 nitrogen and oxygen atoms in total. The van der Waals surface area contributed by atoms with Gasteiger partial charge >= 0.3 is 5.97 Å². The summed E-state index contributed by atoms with van der Waals surface area (Å²) in [5.41, 5.74) is 0.0793. The van der Waals surface area contributed by atoms with E-state index in [9.17, 15) is 4.79 Å². The Bertz CT molecular complexity index is 331. The zero-order valence-electron chi connectivity index (χ0n) is 12.4. The Labute approximate surface area is 116 Å². The number of ether oxygens (including phenoxy) is 2. The van der Waals surface area contributed by atoms with Crippen LogP contribution in [0.15, 0.2) is 11.6 Å². The number of carbonyl (C=O) groups is 1. The van der Waals surface area contributed by atoms with Gasteiger partial charge in [0.2, 0.25) is 0 Å². The van der Waals surface area contributed by atoms with Gasteiger partial charge < -0.3 is 9.47 Å². The van der Waals surface area contributed by atoms with E-state index in [1.807, 2.05) is 26.8 Å². The number of allylic oxidation sites excluding steroid dienone is 1. The highest BCUT2D eigenvalue weighted by molar-refractivity contribution is 5.92. The molecule has 0 fully saturated rings. The van der Waals surface area contributed by atoms with Gasteiger partial charge in [-0.05, 0) is 26.7 Å². The van der Waals surface area contributed by atoms with Crippen LogP contribution >= 0.6 is 0 Å². The highest BCUT2D eigenvalue weighted by Gasteiger charge is 2.14. The van der Waals surface area contributed by atoms with E-state index in [0.717, 1.165) is 19.3 Å². The number of rotatable bonds is 9. The lowest BCUT2D eigenvalue weighted by Crippen LogP contribution is -2.24. The maximum atomic E-state index is 11.6. The monoisotopic (exact) mass is 267 g/mol. The first-order chi connectivity index (χ1) is 9.04. The van der Waals surface area contributed by atoms with Crippen LogP contribution in [0, 0.1) is 11.3 Å². The van der Waals surface area contributed by atoms with Gasteiger partial charge in [0, 0.05) is 0 Å². The molecule has 0 radical (unpaired) electrons. The van der Waals surface area contributed by atoms with Crippen molar-refractivity contribution in [1.29, 1.82) is 5.26 Å². The topological polar surface area (TPSA) is 59.3 Å². The number of unbranched alkanes of at least 4 members (excludes halogenated alkanes) is 1. The predicted molar refractivity (Wildman–Crippen MR) is 74.5 cm³/mol. The second kappa shape index (κ2) is 10.6. The molecule has 0 heterocycles. The number of nitriles is 1. The maximum Gasteiger partial charge on any atom is 0.348 e. The Morgan fingerprint density at radius 1 is 1.26 bits per heavy atom. The molecule has 0 bridgehead atoms. The van der Waals surface area contributed by atoms with E-state index in [1.165, 1.54) is 0 Å². The second-order valence-corrected chi connectivity index (χ2v) is 4.66. The van der Waals surface area contributed by atoms with Gasteiger partial charge in [-0.25, -0.2) is 4.79 Å². The summed E-state index contributed by atoms with van der Waals surface area (Å²) in [5, 5.41) is 8.85. The summed E-state index contributed by atoms with van der Waals surface area (Å²) in [4.78, 5) is 11.6. The average molecular weight is 267 g/mol. The van der Waals surface area contributed by atoms with Crippen LogP contribution in [0.4, 0.5) is 0 Å². The Balaban J connectivity index is 4.11. The first-order valence-corrected chi connectivity index (χ1v) is 6.97. The summed E-state index contributed by atoms with van der Waals surface area (Å²) >= 11 is 0. The molecule has 108 valence electrons. The van der Waals surface area contributed by atoms with E-state index in [4.69, 9.17) is 14.7 Å². The quantitative estimate of drug-likeness (QED) is 0.365. The van der Waals surface area contributed by atoms with Crippen molar-refractivity contribution in [2.75, 3.05) is 6.61 Å². The van der Waals surface area contributed by atoms with E-state index >= 15 is 0 Å². The molecule has 0 rings (SSSR count). The SMILES string of the molecule is CCCC=C(C#N)C(=O)OCC(C)OC(C)CCC. The number of esters is 1. The van der Waals surface area contributed by atoms with Gasteiger partial charge in [-0.3, -0.25) is 0 Å². The number of carbonyl (C=O) groups excluding carboxylic acids is 1. The van der Waals surface area contributed by atoms with Gasteiger partial charge in [-0.15, -0.1) is 0 Å². The van der Waals surface area contributed by atoms with Crippen molar-refractivity contribution in [2.24, 2.45) is 0 Å². The fraction of sp³-hybridized carbons (Fsp3) is 0.733. The van der Waals surface area contributed by atoms with Crippen molar-refractivity contribution in [2.45, 2.75) is 65.6 Å². The first-order valence-electron chi connectivity index (χ1n) is 6.97. The molecule has 0 aliphatic rings. The standard InChI is InChI=1S/C15H25NO3/c1-5-7-9-14(10-16)15(17)18-11-13(4)19-12(3)8-6-2/h9,12-13H,5-8,11H2,1-4H3. The molecule has 2 atom stereocenters. The van der Waals surface area contributed by atoms with E-state index in [-0.39, 0.29) is 24.4 Å². The van der Waals surface area contributed by atoms with E-state index in [2.05, 4.69) is 6.92 Å². The minimum absolute atomic E-state index is 0.0793. The third kappa shape index (κ3) is 8.39. The highest BCUT2D eigenvalue weighted by atomic mass is 16.6. The van der Waals surface area contributed by atoms with Crippen molar-refractivity contribution in [1.82, 2.24) is 0 Å². The van der Waals surface area contributed by atoms with Crippen LogP contribution in [0.25, 0.3) is 0 Å². The van der Waals surface area contributed by atoms with Crippen LogP contribution in [0.5, 0.6) is 0 Å². The Hall–Kier alpha value is -1.34. The summed E-state index contributed by atoms with van der Waals surface area (Å²) in [6.45, 7) is 8.13. The van der Waals surface area contributed by atoms with Gasteiger partial charge in [0.05, 0.1) is 12.2 Å². The van der Waals surface area contributed by atoms with E-state index < -0.39 is 5.97 Å². The van der Waals surface area contributed by atoms with Crippen molar-refractivity contribution in [3.63, 3.8) is 0 Å². The predicted octanol–water partition coefficient (Wildman–Crippen LogP) is 3.37. The molecule has 19 heavy (non-hydrogen) atoms. The minimum atomic E-state index is -0.561. The summed E-state index contributed by atoms with van der Waals surface area (Å²) in [7, 11) is 0. The molecule has 0 N–H and O–H groups in total. The van der Waals surface area contributed by atoms with Crippen LogP contribution in [-0.4, -0.2) is 24.8 Å². The fourth-order valence-electron chi connectivity index (χ4n) is 1.64. The molecule has 0 amide bonds. The summed E-state index contributed by atoms with van der Waals surface area (Å²) < 4.78 is 10.7. The number of hydrogen-bond donors (Lipinski definition) is 0. The van der Waals surface area contributed by atoms with Crippen molar-refractivity contribution in [3.8, 4) is 6.07 Å². The normalized spacial score (nSPS) is 14.6. The smallest absolute Gasteiger partial charge is 0.348 e. The molecule has 2 unspecified atom stereocenters. The molecule has 0 saturated heterocycles. The number of nitrogens with zero attached hydrogens (tertiary/aromatic N) is 1. The molecule has 0 aliphatic heterocycles. The van der Waals surface area contributed by atoms with Gasteiger partial charge in [-0.1, -0.05) is 32.8 Å². The summed E-state index contributed by atoms with van der Waals surface area (Å²) in [6.07, 6.45) is 5.27. The largest absolute Gasteiger partial charge is 0.459 e. The highest BCUT2D eigenvalue weighted by Crippen LogP contribution is 2.07. The zero-order chi connectivity index (χ0) is 14.7. The first kappa shape index (κ1) is 17.7. The molecule has 4 heteroatoms. The Morgan fingerprint density at radius 2 is 1.95 bits per heavy atom. The summed E-state index contributed by atoms with van der Waals surface area (Å²) in [5.74, 6) is -0.561. The van der Waals surface area contributed by atoms with Crippen LogP contribution in [0.2, 0.25) is 0 Å². The molecule has 0 aromatic heterocycles. The molecule has 0 aliphatic carbocycles. The third-order valence-corrected chi connectivity index (χ3v) is 2.59. The Kier molecular flexibility index (Phi) is 9.82. The van der Waals surface area contributed by atoms with Crippen molar-refractivity contribution >= 4 is 5.97 Å². The second-order valence-electron chi connectivity index (χ2n) is 4.66. The average Bonchev–Trinajstić information content (AvgIpc) is 2.37. The molecule has 0 saturated carbocycles. The zero-order valence-corrected chi connectivity index (χ0v) is 12.4. The molecule has 0 spiro atoms. The summed E-state index contributed by atoms with van der Waals surface area (Å²) in [6, 6.07) is 1.87. The molecule has 0 aromatic rings. The minimum Gasteiger partial charge on any atom is -0.459 e. The number of hydrogen-bond acceptors (Lipinski definition) is 4. The van der Waals surface area contributed by atoms with E-state index in [0.29, 0.717) is 6.42 Å². The van der Waals surface area contributed by atoms with Gasteiger partial charge in [0.25, 0.3) is 0 Å². The van der Waals surface area contributed by atoms with E-state index in [1.54, 1.807) is 6.08 Å². The lowest BCUT2D eigenvalue weighted by Gasteiger charge is -2.18. The fourth-order valence-corrected chi connectivity index (χ4v) is 1.64. The lowest BCUT2D eigenvalue weighted by molar-refractivity contribution is -0.143. The maximum absolute atomic E-state index is 11.6. The van der Waals surface area contributed by atoms with Crippen LogP contribution < -0.4 is 0 Å². The molecular formula is C15H25NO3. The van der Waals surface area contributed by atoms with Crippen molar-refractivity contribution < 1.29 is 14.3 Å². The lowest BCUT2D eigenvalue weighted by atomic mass is 10.2. The van der Waals surface area contributed by atoms with Crippen LogP contribution in [-0.2, 0) is 14.3 Å². The third-order valence-electron chi connectivity index (χ3n) is 2.59. The van der Waals surface area contributed by atoms with Crippen LogP contribution in [0.1, 0.15) is 53.4 Å². The molecule has 0 aromatic carbocycles. The van der Waals surface area contributed by atoms with Crippen molar-refractivity contribution in [3.05, 3.63) is 11.6 Å².